The largest absolute Gasteiger partial charge is 0.228 e. The van der Waals surface area contributed by atoms with Gasteiger partial charge in [0.05, 0.1) is 11.4 Å². The summed E-state index contributed by atoms with van der Waals surface area (Å²) in [6, 6.07) is 64.5. The molecule has 1 heterocycles. The highest BCUT2D eigenvalue weighted by Crippen LogP contribution is 2.41. The molecule has 0 bridgehead atoms. The van der Waals surface area contributed by atoms with E-state index in [9.17, 15) is 0 Å². The summed E-state index contributed by atoms with van der Waals surface area (Å²) in [5, 5.41) is 7.24. The highest BCUT2D eigenvalue weighted by atomic mass is 14.9. The van der Waals surface area contributed by atoms with Gasteiger partial charge in [0.15, 0.2) is 5.82 Å². The van der Waals surface area contributed by atoms with E-state index in [-0.39, 0.29) is 0 Å². The summed E-state index contributed by atoms with van der Waals surface area (Å²) in [4.78, 5) is 10.6. The normalized spacial score (nSPS) is 11.3. The van der Waals surface area contributed by atoms with Crippen molar-refractivity contribution in [2.45, 2.75) is 0 Å². The van der Waals surface area contributed by atoms with Gasteiger partial charge < -0.3 is 0 Å². The molecule has 48 heavy (non-hydrogen) atoms. The minimum Gasteiger partial charge on any atom is -0.228 e. The number of hydrogen-bond donors (Lipinski definition) is 0. The van der Waals surface area contributed by atoms with E-state index >= 15 is 0 Å². The van der Waals surface area contributed by atoms with Crippen molar-refractivity contribution in [1.29, 1.82) is 0 Å². The summed E-state index contributed by atoms with van der Waals surface area (Å²) in [6.07, 6.45) is 0. The first-order valence-corrected chi connectivity index (χ1v) is 16.3. The second kappa shape index (κ2) is 11.8. The summed E-state index contributed by atoms with van der Waals surface area (Å²) in [6.45, 7) is 0. The second-order valence-electron chi connectivity index (χ2n) is 12.2. The molecule has 0 saturated carbocycles. The van der Waals surface area contributed by atoms with E-state index in [0.29, 0.717) is 5.82 Å². The van der Waals surface area contributed by atoms with Gasteiger partial charge in [-0.05, 0) is 66.7 Å². The van der Waals surface area contributed by atoms with Crippen molar-refractivity contribution in [2.75, 3.05) is 0 Å². The van der Waals surface area contributed by atoms with Gasteiger partial charge in [-0.15, -0.1) is 0 Å². The van der Waals surface area contributed by atoms with Crippen LogP contribution in [0.5, 0.6) is 0 Å². The van der Waals surface area contributed by atoms with Crippen LogP contribution in [0.3, 0.4) is 0 Å². The third kappa shape index (κ3) is 4.92. The lowest BCUT2D eigenvalue weighted by molar-refractivity contribution is 1.19. The van der Waals surface area contributed by atoms with E-state index in [1.807, 2.05) is 18.2 Å². The maximum Gasteiger partial charge on any atom is 0.160 e. The Morgan fingerprint density at radius 2 is 0.854 bits per heavy atom. The fourth-order valence-corrected chi connectivity index (χ4v) is 6.96. The molecule has 0 spiro atoms. The highest BCUT2D eigenvalue weighted by Gasteiger charge is 2.18. The van der Waals surface area contributed by atoms with E-state index < -0.39 is 0 Å². The van der Waals surface area contributed by atoms with E-state index in [1.54, 1.807) is 0 Å². The molecule has 0 unspecified atom stereocenters. The molecule has 0 fully saturated rings. The summed E-state index contributed by atoms with van der Waals surface area (Å²) >= 11 is 0. The van der Waals surface area contributed by atoms with Crippen molar-refractivity contribution < 1.29 is 0 Å². The van der Waals surface area contributed by atoms with Crippen LogP contribution in [0.25, 0.3) is 88.5 Å². The number of rotatable bonds is 5. The molecule has 0 aliphatic heterocycles. The molecule has 0 amide bonds. The van der Waals surface area contributed by atoms with Crippen LogP contribution in [0.4, 0.5) is 0 Å². The molecule has 0 aliphatic rings. The smallest absolute Gasteiger partial charge is 0.160 e. The van der Waals surface area contributed by atoms with E-state index in [2.05, 4.69) is 164 Å². The monoisotopic (exact) mass is 610 g/mol. The van der Waals surface area contributed by atoms with Gasteiger partial charge in [-0.3, -0.25) is 0 Å². The fourth-order valence-electron chi connectivity index (χ4n) is 6.96. The van der Waals surface area contributed by atoms with E-state index in [0.717, 1.165) is 39.2 Å². The van der Waals surface area contributed by atoms with Crippen LogP contribution in [0.1, 0.15) is 0 Å². The van der Waals surface area contributed by atoms with Gasteiger partial charge in [-0.1, -0.05) is 170 Å². The third-order valence-electron chi connectivity index (χ3n) is 9.29. The standard InChI is InChI=1S/C46H30N2/c1-3-13-31(14-4-1)32-23-25-34(26-24-32)37-19-11-12-22-40(37)43-30-44(48-46(47-43)35-16-5-2-6-17-35)45-39-21-10-8-18-36(39)29-42-38-20-9-7-15-33(38)27-28-41(42)45/h1-30H. The van der Waals surface area contributed by atoms with Crippen LogP contribution in [0.15, 0.2) is 182 Å². The van der Waals surface area contributed by atoms with Crippen LogP contribution >= 0.6 is 0 Å². The van der Waals surface area contributed by atoms with Crippen molar-refractivity contribution in [3.63, 3.8) is 0 Å². The number of hydrogen-bond acceptors (Lipinski definition) is 2. The minimum atomic E-state index is 0.708. The van der Waals surface area contributed by atoms with Gasteiger partial charge in [-0.2, -0.15) is 0 Å². The van der Waals surface area contributed by atoms with Gasteiger partial charge in [0.1, 0.15) is 0 Å². The molecule has 8 aromatic carbocycles. The van der Waals surface area contributed by atoms with Gasteiger partial charge in [0.2, 0.25) is 0 Å². The van der Waals surface area contributed by atoms with Gasteiger partial charge in [-0.25, -0.2) is 9.97 Å². The summed E-state index contributed by atoms with van der Waals surface area (Å²) in [7, 11) is 0. The molecule has 224 valence electrons. The highest BCUT2D eigenvalue weighted by molar-refractivity contribution is 6.19. The first-order valence-electron chi connectivity index (χ1n) is 16.3. The molecule has 9 aromatic rings. The lowest BCUT2D eigenvalue weighted by Gasteiger charge is -2.16. The summed E-state index contributed by atoms with van der Waals surface area (Å²) in [5.74, 6) is 0.708. The van der Waals surface area contributed by atoms with Crippen LogP contribution in [-0.2, 0) is 0 Å². The van der Waals surface area contributed by atoms with E-state index in [1.165, 1.54) is 43.4 Å². The lowest BCUT2D eigenvalue weighted by Crippen LogP contribution is -1.98. The Morgan fingerprint density at radius 3 is 1.62 bits per heavy atom. The molecular weight excluding hydrogens is 581 g/mol. The van der Waals surface area contributed by atoms with Crippen molar-refractivity contribution in [2.24, 2.45) is 0 Å². The predicted octanol–water partition coefficient (Wildman–Crippen LogP) is 12.3. The average molecular weight is 611 g/mol. The third-order valence-corrected chi connectivity index (χ3v) is 9.29. The van der Waals surface area contributed by atoms with Crippen LogP contribution in [0.2, 0.25) is 0 Å². The predicted molar refractivity (Wildman–Crippen MR) is 202 cm³/mol. The Bertz CT molecular complexity index is 2590. The van der Waals surface area contributed by atoms with Crippen molar-refractivity contribution in [3.05, 3.63) is 182 Å². The number of benzene rings is 8. The molecule has 0 atom stereocenters. The zero-order chi connectivity index (χ0) is 31.9. The molecule has 1 aromatic heterocycles. The van der Waals surface area contributed by atoms with Crippen molar-refractivity contribution in [1.82, 2.24) is 9.97 Å². The molecule has 0 saturated heterocycles. The zero-order valence-corrected chi connectivity index (χ0v) is 26.2. The van der Waals surface area contributed by atoms with Crippen molar-refractivity contribution in [3.8, 4) is 56.2 Å². The maximum absolute atomic E-state index is 5.32. The zero-order valence-electron chi connectivity index (χ0n) is 26.2. The molecule has 0 N–H and O–H groups in total. The second-order valence-corrected chi connectivity index (χ2v) is 12.2. The first kappa shape index (κ1) is 27.9. The Morgan fingerprint density at radius 1 is 0.292 bits per heavy atom. The SMILES string of the molecule is c1ccc(-c2ccc(-c3ccccc3-c3cc(-c4c5ccccc5cc5c4ccc4ccccc45)nc(-c4ccccc4)n3)cc2)cc1. The van der Waals surface area contributed by atoms with Crippen molar-refractivity contribution >= 4 is 32.3 Å². The Kier molecular flexibility index (Phi) is 6.84. The molecule has 0 radical (unpaired) electrons. The number of fused-ring (bicyclic) bond motifs is 4. The van der Waals surface area contributed by atoms with Gasteiger partial charge >= 0.3 is 0 Å². The maximum atomic E-state index is 5.32. The van der Waals surface area contributed by atoms with Crippen LogP contribution in [0, 0.1) is 0 Å². The molecule has 2 nitrogen and oxygen atoms in total. The van der Waals surface area contributed by atoms with Crippen LogP contribution in [-0.4, -0.2) is 9.97 Å². The molecule has 9 rings (SSSR count). The molecular formula is C46H30N2. The van der Waals surface area contributed by atoms with Gasteiger partial charge in [0.25, 0.3) is 0 Å². The Labute approximate surface area is 279 Å². The summed E-state index contributed by atoms with van der Waals surface area (Å²) in [5.41, 5.74) is 9.67. The Balaban J connectivity index is 1.29. The van der Waals surface area contributed by atoms with Gasteiger partial charge in [0, 0.05) is 16.7 Å². The first-order chi connectivity index (χ1) is 23.8. The number of nitrogens with zero attached hydrogens (tertiary/aromatic N) is 2. The average Bonchev–Trinajstić information content (AvgIpc) is 3.17. The molecule has 2 heteroatoms. The minimum absolute atomic E-state index is 0.708. The van der Waals surface area contributed by atoms with E-state index in [4.69, 9.17) is 9.97 Å². The fraction of sp³-hybridized carbons (Fsp3) is 0. The summed E-state index contributed by atoms with van der Waals surface area (Å²) < 4.78 is 0. The quantitative estimate of drug-likeness (QED) is 0.143. The lowest BCUT2D eigenvalue weighted by atomic mass is 9.90. The number of aromatic nitrogens is 2. The molecule has 0 aliphatic carbocycles. The topological polar surface area (TPSA) is 25.8 Å². The Hall–Kier alpha value is -6.38. The van der Waals surface area contributed by atoms with Crippen LogP contribution < -0.4 is 0 Å².